The zero-order valence-corrected chi connectivity index (χ0v) is 22.7. The first-order valence-corrected chi connectivity index (χ1v) is 14.3. The standard InChI is InChI=1S/C29H45NO7/c1-4-21-12-7-5-6-8-13-22-14-11-16-26(37-22)27(33)28(34)30-17-10-9-15-23(30)29(35)36-20(3)19(2)24(31)18-25(21)32/h7,12,19-24,26,31H,4-6,8-11,13-18H2,1-3H3/b12-7+. The largest absolute Gasteiger partial charge is 0.461 e. The Hall–Kier alpha value is -2.06. The lowest BCUT2D eigenvalue weighted by Crippen LogP contribution is -2.54. The summed E-state index contributed by atoms with van der Waals surface area (Å²) in [5.74, 6) is -2.54. The van der Waals surface area contributed by atoms with Crippen LogP contribution in [0.3, 0.4) is 0 Å². The van der Waals surface area contributed by atoms with E-state index in [4.69, 9.17) is 9.47 Å². The van der Waals surface area contributed by atoms with Gasteiger partial charge in [0.2, 0.25) is 5.78 Å². The number of esters is 1. The van der Waals surface area contributed by atoms with Crippen molar-refractivity contribution in [3.8, 4) is 0 Å². The molecule has 7 atom stereocenters. The number of hydrogen-bond donors (Lipinski definition) is 1. The van der Waals surface area contributed by atoms with Crippen LogP contribution < -0.4 is 0 Å². The van der Waals surface area contributed by atoms with E-state index in [1.54, 1.807) is 13.8 Å². The van der Waals surface area contributed by atoms with Crippen molar-refractivity contribution in [1.29, 1.82) is 0 Å². The van der Waals surface area contributed by atoms with Gasteiger partial charge in [-0.2, -0.15) is 0 Å². The van der Waals surface area contributed by atoms with Crippen molar-refractivity contribution < 1.29 is 33.8 Å². The smallest absolute Gasteiger partial charge is 0.329 e. The fourth-order valence-electron chi connectivity index (χ4n) is 5.59. The molecular weight excluding hydrogens is 474 g/mol. The topological polar surface area (TPSA) is 110 Å². The fourth-order valence-corrected chi connectivity index (χ4v) is 5.59. The number of fused-ring (bicyclic) bond motifs is 3. The normalized spacial score (nSPS) is 36.8. The maximum atomic E-state index is 13.2. The molecule has 0 spiro atoms. The second-order valence-electron chi connectivity index (χ2n) is 11.0. The van der Waals surface area contributed by atoms with Crippen LogP contribution in [0.2, 0.25) is 0 Å². The molecule has 1 N–H and O–H groups in total. The number of amides is 1. The van der Waals surface area contributed by atoms with Crippen molar-refractivity contribution in [3.63, 3.8) is 0 Å². The Balaban J connectivity index is 1.79. The van der Waals surface area contributed by atoms with Gasteiger partial charge in [0.25, 0.3) is 5.91 Å². The van der Waals surface area contributed by atoms with Gasteiger partial charge in [-0.25, -0.2) is 4.79 Å². The Morgan fingerprint density at radius 1 is 0.973 bits per heavy atom. The number of carbonyl (C=O) groups is 4. The minimum absolute atomic E-state index is 0.00511. The predicted molar refractivity (Wildman–Crippen MR) is 139 cm³/mol. The Labute approximate surface area is 221 Å². The van der Waals surface area contributed by atoms with Crippen LogP contribution in [0.5, 0.6) is 0 Å². The van der Waals surface area contributed by atoms with E-state index in [1.165, 1.54) is 4.90 Å². The second-order valence-corrected chi connectivity index (χ2v) is 11.0. The number of allylic oxidation sites excluding steroid dienone is 2. The number of nitrogens with zero attached hydrogens (tertiary/aromatic N) is 1. The van der Waals surface area contributed by atoms with Crippen molar-refractivity contribution in [2.75, 3.05) is 6.54 Å². The number of piperidine rings is 1. The number of aliphatic hydroxyl groups excluding tert-OH is 1. The number of cyclic esters (lactones) is 1. The number of Topliss-reactive ketones (excluding diaryl/α,β-unsaturated/α-hetero) is 2. The van der Waals surface area contributed by atoms with Gasteiger partial charge >= 0.3 is 5.97 Å². The van der Waals surface area contributed by atoms with Gasteiger partial charge in [0.1, 0.15) is 24.0 Å². The first-order valence-electron chi connectivity index (χ1n) is 14.3. The van der Waals surface area contributed by atoms with Crippen LogP contribution >= 0.6 is 0 Å². The molecule has 0 radical (unpaired) electrons. The average molecular weight is 520 g/mol. The highest BCUT2D eigenvalue weighted by molar-refractivity contribution is 6.38. The zero-order valence-electron chi connectivity index (χ0n) is 22.7. The number of aliphatic hydroxyl groups is 1. The van der Waals surface area contributed by atoms with Crippen LogP contribution in [0.15, 0.2) is 12.2 Å². The highest BCUT2D eigenvalue weighted by atomic mass is 16.5. The van der Waals surface area contributed by atoms with E-state index in [9.17, 15) is 24.3 Å². The van der Waals surface area contributed by atoms with Crippen molar-refractivity contribution in [2.45, 2.75) is 128 Å². The number of hydrogen-bond acceptors (Lipinski definition) is 7. The van der Waals surface area contributed by atoms with Gasteiger partial charge in [0.15, 0.2) is 0 Å². The molecule has 3 rings (SSSR count). The molecule has 1 amide bonds. The maximum Gasteiger partial charge on any atom is 0.329 e. The van der Waals surface area contributed by atoms with Crippen LogP contribution in [0, 0.1) is 11.8 Å². The average Bonchev–Trinajstić information content (AvgIpc) is 2.90. The molecule has 3 aliphatic heterocycles. The summed E-state index contributed by atoms with van der Waals surface area (Å²) in [6.45, 7) is 5.74. The number of ether oxygens (including phenoxy) is 2. The lowest BCUT2D eigenvalue weighted by molar-refractivity contribution is -0.168. The summed E-state index contributed by atoms with van der Waals surface area (Å²) in [5.41, 5.74) is 0. The molecular formula is C29H45NO7. The molecule has 8 nitrogen and oxygen atoms in total. The SMILES string of the molecule is CCC1/C=C/CCCCC2CCCC(O2)C(=O)C(=O)N2CCCCC2C(=O)OC(C)C(C)C(O)CC1=O. The van der Waals surface area contributed by atoms with Crippen LogP contribution in [-0.4, -0.2) is 70.5 Å². The monoisotopic (exact) mass is 519 g/mol. The molecule has 208 valence electrons. The highest BCUT2D eigenvalue weighted by Gasteiger charge is 2.41. The lowest BCUT2D eigenvalue weighted by atomic mass is 9.89. The summed E-state index contributed by atoms with van der Waals surface area (Å²) in [7, 11) is 0. The first-order chi connectivity index (χ1) is 17.7. The molecule has 0 aromatic heterocycles. The molecule has 8 heteroatoms. The first kappa shape index (κ1) is 29.5. The third-order valence-electron chi connectivity index (χ3n) is 8.32. The quantitative estimate of drug-likeness (QED) is 0.318. The van der Waals surface area contributed by atoms with Gasteiger partial charge in [0.05, 0.1) is 12.2 Å². The molecule has 2 bridgehead atoms. The van der Waals surface area contributed by atoms with Crippen molar-refractivity contribution >= 4 is 23.4 Å². The van der Waals surface area contributed by atoms with Crippen LogP contribution in [0.25, 0.3) is 0 Å². The molecule has 2 fully saturated rings. The fraction of sp³-hybridized carbons (Fsp3) is 0.793. The number of rotatable bonds is 1. The van der Waals surface area contributed by atoms with E-state index >= 15 is 0 Å². The molecule has 37 heavy (non-hydrogen) atoms. The van der Waals surface area contributed by atoms with Gasteiger partial charge in [-0.05, 0) is 71.1 Å². The van der Waals surface area contributed by atoms with E-state index in [-0.39, 0.29) is 24.2 Å². The molecule has 2 saturated heterocycles. The van der Waals surface area contributed by atoms with Gasteiger partial charge < -0.3 is 19.5 Å². The molecule has 0 aromatic carbocycles. The third kappa shape index (κ3) is 7.96. The van der Waals surface area contributed by atoms with Crippen molar-refractivity contribution in [1.82, 2.24) is 4.90 Å². The Kier molecular flexibility index (Phi) is 11.3. The Morgan fingerprint density at radius 3 is 2.46 bits per heavy atom. The van der Waals surface area contributed by atoms with E-state index in [2.05, 4.69) is 0 Å². The molecule has 0 aliphatic carbocycles. The van der Waals surface area contributed by atoms with Crippen molar-refractivity contribution in [3.05, 3.63) is 12.2 Å². The Morgan fingerprint density at radius 2 is 1.70 bits per heavy atom. The third-order valence-corrected chi connectivity index (χ3v) is 8.32. The molecule has 3 aliphatic rings. The summed E-state index contributed by atoms with van der Waals surface area (Å²) in [4.78, 5) is 53.7. The summed E-state index contributed by atoms with van der Waals surface area (Å²) < 4.78 is 11.8. The van der Waals surface area contributed by atoms with Crippen LogP contribution in [0.1, 0.15) is 97.8 Å². The molecule has 0 aromatic rings. The van der Waals surface area contributed by atoms with Gasteiger partial charge in [0, 0.05) is 24.8 Å². The molecule has 7 unspecified atom stereocenters. The van der Waals surface area contributed by atoms with E-state index < -0.39 is 47.9 Å². The van der Waals surface area contributed by atoms with Gasteiger partial charge in [-0.1, -0.05) is 32.4 Å². The summed E-state index contributed by atoms with van der Waals surface area (Å²) in [5, 5.41) is 10.7. The van der Waals surface area contributed by atoms with Gasteiger partial charge in [-0.15, -0.1) is 0 Å². The maximum absolute atomic E-state index is 13.2. The van der Waals surface area contributed by atoms with Gasteiger partial charge in [-0.3, -0.25) is 14.4 Å². The molecule has 3 heterocycles. The van der Waals surface area contributed by atoms with E-state index in [1.807, 2.05) is 19.1 Å². The minimum Gasteiger partial charge on any atom is -0.461 e. The summed E-state index contributed by atoms with van der Waals surface area (Å²) in [6, 6.07) is -0.832. The highest BCUT2D eigenvalue weighted by Crippen LogP contribution is 2.27. The van der Waals surface area contributed by atoms with Crippen LogP contribution in [-0.2, 0) is 28.7 Å². The zero-order chi connectivity index (χ0) is 26.9. The molecule has 0 saturated carbocycles. The van der Waals surface area contributed by atoms with E-state index in [0.717, 1.165) is 51.4 Å². The summed E-state index contributed by atoms with van der Waals surface area (Å²) in [6.07, 6.45) is 9.91. The lowest BCUT2D eigenvalue weighted by Gasteiger charge is -2.36. The van der Waals surface area contributed by atoms with Crippen molar-refractivity contribution in [2.24, 2.45) is 11.8 Å². The van der Waals surface area contributed by atoms with Crippen LogP contribution in [0.4, 0.5) is 0 Å². The number of ketones is 2. The second kappa shape index (κ2) is 14.2. The predicted octanol–water partition coefficient (Wildman–Crippen LogP) is 3.92. The summed E-state index contributed by atoms with van der Waals surface area (Å²) >= 11 is 0. The minimum atomic E-state index is -0.950. The Bertz CT molecular complexity index is 840. The number of carbonyl (C=O) groups excluding carboxylic acids is 4. The van der Waals surface area contributed by atoms with E-state index in [0.29, 0.717) is 25.8 Å².